The number of hydrogen-bond acceptors (Lipinski definition) is 5. The first-order chi connectivity index (χ1) is 17.7. The van der Waals surface area contributed by atoms with Crippen LogP contribution in [0.5, 0.6) is 0 Å². The van der Waals surface area contributed by atoms with Crippen LogP contribution < -0.4 is 27.8 Å². The van der Waals surface area contributed by atoms with Gasteiger partial charge in [0.05, 0.1) is 6.04 Å². The van der Waals surface area contributed by atoms with Crippen molar-refractivity contribution in [2.24, 2.45) is 17.2 Å². The minimum atomic E-state index is -0.969. The molecular weight excluding hydrogens is 468 g/mol. The van der Waals surface area contributed by atoms with Crippen LogP contribution >= 0.6 is 0 Å². The van der Waals surface area contributed by atoms with E-state index in [4.69, 9.17) is 22.6 Å². The maximum absolute atomic E-state index is 12.8. The summed E-state index contributed by atoms with van der Waals surface area (Å²) in [6.45, 7) is 0.194. The first-order valence-corrected chi connectivity index (χ1v) is 11.9. The summed E-state index contributed by atoms with van der Waals surface area (Å²) in [4.78, 5) is 36.9. The monoisotopic (exact) mass is 500 g/mol. The molecule has 3 amide bonds. The van der Waals surface area contributed by atoms with E-state index in [-0.39, 0.29) is 31.6 Å². The van der Waals surface area contributed by atoms with Crippen LogP contribution in [-0.2, 0) is 27.3 Å². The Labute approximate surface area is 215 Å². The first-order valence-electron chi connectivity index (χ1n) is 11.9. The third kappa shape index (κ3) is 8.29. The number of nitrogen functional groups attached to an aromatic ring is 1. The van der Waals surface area contributed by atoms with Crippen LogP contribution in [0.2, 0.25) is 0 Å². The molecular formula is C28H32N6O3. The number of carbonyl (C=O) groups excluding carboxylic acids is 3. The smallest absolute Gasteiger partial charge is 0.242 e. The molecule has 192 valence electrons. The Kier molecular flexibility index (Phi) is 9.51. The minimum Gasteiger partial charge on any atom is -0.384 e. The number of primary amides is 1. The molecule has 9 heteroatoms. The third-order valence-electron chi connectivity index (χ3n) is 5.90. The lowest BCUT2D eigenvalue weighted by atomic mass is 10.0. The quantitative estimate of drug-likeness (QED) is 0.163. The summed E-state index contributed by atoms with van der Waals surface area (Å²) in [6, 6.07) is 22.7. The highest BCUT2D eigenvalue weighted by Gasteiger charge is 2.24. The largest absolute Gasteiger partial charge is 0.384 e. The Hall–Kier alpha value is -4.50. The van der Waals surface area contributed by atoms with E-state index in [2.05, 4.69) is 10.6 Å². The zero-order valence-electron chi connectivity index (χ0n) is 20.4. The van der Waals surface area contributed by atoms with Gasteiger partial charge in [-0.15, -0.1) is 0 Å². The number of rotatable bonds is 12. The highest BCUT2D eigenvalue weighted by molar-refractivity contribution is 5.95. The van der Waals surface area contributed by atoms with E-state index in [9.17, 15) is 14.4 Å². The number of nitrogens with two attached hydrogens (primary N) is 3. The fourth-order valence-corrected chi connectivity index (χ4v) is 3.76. The van der Waals surface area contributed by atoms with Crippen LogP contribution in [0.25, 0.3) is 11.1 Å². The van der Waals surface area contributed by atoms with Gasteiger partial charge in [0, 0.05) is 18.5 Å². The van der Waals surface area contributed by atoms with Gasteiger partial charge in [0.2, 0.25) is 17.7 Å². The third-order valence-corrected chi connectivity index (χ3v) is 5.90. The van der Waals surface area contributed by atoms with Gasteiger partial charge >= 0.3 is 0 Å². The standard InChI is InChI=1S/C28H32N6O3/c29-23(16-18-6-10-21(11-7-18)20-4-2-1-3-5-20)27(36)34-24(14-15-25(30)35)28(37)33-17-19-8-12-22(13-9-19)26(31)32/h1-13,23-24H,14-17,29H2,(H2,30,35)(H3,31,32)(H,33,37)(H,34,36). The fraction of sp³-hybridized carbons (Fsp3) is 0.214. The molecule has 0 bridgehead atoms. The summed E-state index contributed by atoms with van der Waals surface area (Å²) < 4.78 is 0. The van der Waals surface area contributed by atoms with Gasteiger partial charge in [-0.05, 0) is 35.1 Å². The lowest BCUT2D eigenvalue weighted by Gasteiger charge is -2.20. The zero-order chi connectivity index (χ0) is 26.8. The van der Waals surface area contributed by atoms with Crippen molar-refractivity contribution in [3.8, 4) is 11.1 Å². The number of nitrogens with one attached hydrogen (secondary N) is 3. The van der Waals surface area contributed by atoms with Crippen molar-refractivity contribution in [2.75, 3.05) is 0 Å². The van der Waals surface area contributed by atoms with E-state index in [1.807, 2.05) is 54.6 Å². The van der Waals surface area contributed by atoms with Gasteiger partial charge in [0.15, 0.2) is 0 Å². The molecule has 0 spiro atoms. The summed E-state index contributed by atoms with van der Waals surface area (Å²) in [6.07, 6.45) is 0.268. The highest BCUT2D eigenvalue weighted by Crippen LogP contribution is 2.19. The van der Waals surface area contributed by atoms with Crippen LogP contribution in [0.3, 0.4) is 0 Å². The Morgan fingerprint density at radius 3 is 1.97 bits per heavy atom. The maximum Gasteiger partial charge on any atom is 0.242 e. The molecule has 37 heavy (non-hydrogen) atoms. The van der Waals surface area contributed by atoms with E-state index >= 15 is 0 Å². The van der Waals surface area contributed by atoms with Gasteiger partial charge in [0.25, 0.3) is 0 Å². The highest BCUT2D eigenvalue weighted by atomic mass is 16.2. The fourth-order valence-electron chi connectivity index (χ4n) is 3.76. The Balaban J connectivity index is 1.58. The van der Waals surface area contributed by atoms with E-state index < -0.39 is 29.8 Å². The molecule has 3 rings (SSSR count). The van der Waals surface area contributed by atoms with Gasteiger partial charge in [-0.2, -0.15) is 0 Å². The van der Waals surface area contributed by atoms with Gasteiger partial charge in [-0.3, -0.25) is 19.8 Å². The first kappa shape index (κ1) is 27.1. The van der Waals surface area contributed by atoms with Crippen LogP contribution in [0.15, 0.2) is 78.9 Å². The predicted molar refractivity (Wildman–Crippen MR) is 143 cm³/mol. The van der Waals surface area contributed by atoms with Gasteiger partial charge in [-0.1, -0.05) is 78.9 Å². The van der Waals surface area contributed by atoms with Gasteiger partial charge in [-0.25, -0.2) is 0 Å². The topological polar surface area (TPSA) is 177 Å². The van der Waals surface area contributed by atoms with Crippen molar-refractivity contribution in [2.45, 2.75) is 37.9 Å². The molecule has 9 nitrogen and oxygen atoms in total. The van der Waals surface area contributed by atoms with Crippen molar-refractivity contribution >= 4 is 23.6 Å². The van der Waals surface area contributed by atoms with Crippen molar-refractivity contribution in [3.05, 3.63) is 95.6 Å². The van der Waals surface area contributed by atoms with Crippen LogP contribution in [0, 0.1) is 5.41 Å². The lowest BCUT2D eigenvalue weighted by Crippen LogP contribution is -2.52. The lowest BCUT2D eigenvalue weighted by molar-refractivity contribution is -0.130. The Morgan fingerprint density at radius 1 is 0.784 bits per heavy atom. The summed E-state index contributed by atoms with van der Waals surface area (Å²) >= 11 is 0. The number of carbonyl (C=O) groups is 3. The summed E-state index contributed by atoms with van der Waals surface area (Å²) in [5, 5.41) is 12.9. The maximum atomic E-state index is 12.8. The summed E-state index contributed by atoms with van der Waals surface area (Å²) in [7, 11) is 0. The molecule has 0 saturated heterocycles. The average molecular weight is 501 g/mol. The zero-order valence-corrected chi connectivity index (χ0v) is 20.4. The Bertz CT molecular complexity index is 1230. The van der Waals surface area contributed by atoms with Crippen molar-refractivity contribution < 1.29 is 14.4 Å². The molecule has 2 atom stereocenters. The summed E-state index contributed by atoms with van der Waals surface area (Å²) in [5.74, 6) is -1.57. The molecule has 3 aromatic rings. The molecule has 0 aliphatic rings. The van der Waals surface area contributed by atoms with E-state index in [0.717, 1.165) is 22.3 Å². The molecule has 9 N–H and O–H groups in total. The number of benzene rings is 3. The van der Waals surface area contributed by atoms with Crippen LogP contribution in [-0.4, -0.2) is 35.6 Å². The Morgan fingerprint density at radius 2 is 1.38 bits per heavy atom. The molecule has 3 aromatic carbocycles. The molecule has 0 aromatic heterocycles. The van der Waals surface area contributed by atoms with Crippen molar-refractivity contribution in [3.63, 3.8) is 0 Å². The molecule has 0 saturated carbocycles. The number of hydrogen-bond donors (Lipinski definition) is 6. The second-order valence-corrected chi connectivity index (χ2v) is 8.77. The molecule has 2 unspecified atom stereocenters. The molecule has 0 fully saturated rings. The van der Waals surface area contributed by atoms with Crippen molar-refractivity contribution in [1.29, 1.82) is 5.41 Å². The average Bonchev–Trinajstić information content (AvgIpc) is 2.90. The second kappa shape index (κ2) is 13.0. The SMILES string of the molecule is N=C(N)c1ccc(CNC(=O)C(CCC(N)=O)NC(=O)C(N)Cc2ccc(-c3ccccc3)cc2)cc1. The van der Waals surface area contributed by atoms with E-state index in [1.54, 1.807) is 24.3 Å². The van der Waals surface area contributed by atoms with Crippen LogP contribution in [0.4, 0.5) is 0 Å². The normalized spacial score (nSPS) is 12.2. The number of amides is 3. The van der Waals surface area contributed by atoms with Gasteiger partial charge < -0.3 is 27.8 Å². The van der Waals surface area contributed by atoms with Crippen LogP contribution in [0.1, 0.15) is 29.5 Å². The van der Waals surface area contributed by atoms with Gasteiger partial charge in [0.1, 0.15) is 11.9 Å². The molecule has 0 radical (unpaired) electrons. The molecule has 0 aliphatic heterocycles. The van der Waals surface area contributed by atoms with Crippen molar-refractivity contribution in [1.82, 2.24) is 10.6 Å². The van der Waals surface area contributed by atoms with E-state index in [1.165, 1.54) is 0 Å². The summed E-state index contributed by atoms with van der Waals surface area (Å²) in [5.41, 5.74) is 21.3. The molecule has 0 heterocycles. The minimum absolute atomic E-state index is 0.0479. The second-order valence-electron chi connectivity index (χ2n) is 8.77. The number of amidine groups is 1. The molecule has 0 aliphatic carbocycles. The predicted octanol–water partition coefficient (Wildman–Crippen LogP) is 1.57. The van der Waals surface area contributed by atoms with E-state index in [0.29, 0.717) is 5.56 Å².